The lowest BCUT2D eigenvalue weighted by Crippen LogP contribution is -2.25. The first-order chi connectivity index (χ1) is 7.09. The molecule has 15 heavy (non-hydrogen) atoms. The molecule has 3 nitrogen and oxygen atoms in total. The van der Waals surface area contributed by atoms with Crippen molar-refractivity contribution in [2.75, 3.05) is 6.54 Å². The minimum absolute atomic E-state index is 0.0847. The van der Waals surface area contributed by atoms with Gasteiger partial charge in [0.25, 0.3) is 5.91 Å². The van der Waals surface area contributed by atoms with E-state index in [2.05, 4.69) is 10.3 Å². The third-order valence-electron chi connectivity index (χ3n) is 2.00. The molecule has 1 heterocycles. The summed E-state index contributed by atoms with van der Waals surface area (Å²) in [5, 5.41) is 2.87. The standard InChI is InChI=1S/C11H15ClN2O/c1-8(12)5-6-13-11(15)10-4-3-9(2)14-7-10/h3-4,7-8H,5-6H2,1-2H3,(H,13,15). The lowest BCUT2D eigenvalue weighted by atomic mass is 10.2. The van der Waals surface area contributed by atoms with Crippen LogP contribution in [-0.2, 0) is 0 Å². The maximum Gasteiger partial charge on any atom is 0.252 e. The third kappa shape index (κ3) is 4.30. The molecular weight excluding hydrogens is 212 g/mol. The Kier molecular flexibility index (Phi) is 4.56. The summed E-state index contributed by atoms with van der Waals surface area (Å²) in [5.74, 6) is -0.0974. The lowest BCUT2D eigenvalue weighted by molar-refractivity contribution is 0.0953. The molecule has 0 aliphatic rings. The van der Waals surface area contributed by atoms with Crippen LogP contribution in [0.5, 0.6) is 0 Å². The maximum atomic E-state index is 11.5. The topological polar surface area (TPSA) is 42.0 Å². The number of aryl methyl sites for hydroxylation is 1. The van der Waals surface area contributed by atoms with E-state index in [4.69, 9.17) is 11.6 Å². The molecule has 1 atom stereocenters. The van der Waals surface area contributed by atoms with Crippen molar-refractivity contribution in [1.82, 2.24) is 10.3 Å². The largest absolute Gasteiger partial charge is 0.352 e. The van der Waals surface area contributed by atoms with Crippen molar-refractivity contribution in [2.24, 2.45) is 0 Å². The first-order valence-electron chi connectivity index (χ1n) is 4.94. The van der Waals surface area contributed by atoms with Gasteiger partial charge in [0.15, 0.2) is 0 Å². The number of carbonyl (C=O) groups excluding carboxylic acids is 1. The highest BCUT2D eigenvalue weighted by atomic mass is 35.5. The van der Waals surface area contributed by atoms with Gasteiger partial charge in [0.2, 0.25) is 0 Å². The van der Waals surface area contributed by atoms with Crippen LogP contribution < -0.4 is 5.32 Å². The van der Waals surface area contributed by atoms with Crippen LogP contribution in [0.2, 0.25) is 0 Å². The zero-order valence-electron chi connectivity index (χ0n) is 8.96. The predicted octanol–water partition coefficient (Wildman–Crippen LogP) is 2.14. The second-order valence-electron chi connectivity index (χ2n) is 3.51. The first kappa shape index (κ1) is 12.0. The molecule has 0 fully saturated rings. The lowest BCUT2D eigenvalue weighted by Gasteiger charge is -2.05. The van der Waals surface area contributed by atoms with E-state index in [-0.39, 0.29) is 11.3 Å². The first-order valence-corrected chi connectivity index (χ1v) is 5.38. The molecule has 82 valence electrons. The Morgan fingerprint density at radius 2 is 2.33 bits per heavy atom. The molecule has 0 saturated carbocycles. The molecule has 0 bridgehead atoms. The average molecular weight is 227 g/mol. The molecule has 1 aromatic rings. The van der Waals surface area contributed by atoms with Gasteiger partial charge >= 0.3 is 0 Å². The van der Waals surface area contributed by atoms with E-state index in [9.17, 15) is 4.79 Å². The Morgan fingerprint density at radius 1 is 1.60 bits per heavy atom. The fourth-order valence-corrected chi connectivity index (χ4v) is 1.20. The fraction of sp³-hybridized carbons (Fsp3) is 0.455. The van der Waals surface area contributed by atoms with Crippen LogP contribution in [0.3, 0.4) is 0 Å². The second-order valence-corrected chi connectivity index (χ2v) is 4.26. The summed E-state index contributed by atoms with van der Waals surface area (Å²) < 4.78 is 0. The number of aromatic nitrogens is 1. The Balaban J connectivity index is 2.43. The molecule has 4 heteroatoms. The Bertz CT molecular complexity index is 322. The van der Waals surface area contributed by atoms with E-state index < -0.39 is 0 Å². The van der Waals surface area contributed by atoms with E-state index in [0.29, 0.717) is 12.1 Å². The van der Waals surface area contributed by atoms with Gasteiger partial charge in [-0.25, -0.2) is 0 Å². The van der Waals surface area contributed by atoms with Crippen molar-refractivity contribution in [2.45, 2.75) is 25.6 Å². The predicted molar refractivity (Wildman–Crippen MR) is 61.2 cm³/mol. The Labute approximate surface area is 94.9 Å². The van der Waals surface area contributed by atoms with Crippen LogP contribution in [0.25, 0.3) is 0 Å². The molecule has 0 spiro atoms. The van der Waals surface area contributed by atoms with Gasteiger partial charge < -0.3 is 5.32 Å². The van der Waals surface area contributed by atoms with E-state index in [0.717, 1.165) is 12.1 Å². The smallest absolute Gasteiger partial charge is 0.252 e. The maximum absolute atomic E-state index is 11.5. The van der Waals surface area contributed by atoms with Crippen LogP contribution in [0.4, 0.5) is 0 Å². The highest BCUT2D eigenvalue weighted by Gasteiger charge is 2.05. The molecule has 1 unspecified atom stereocenters. The SMILES string of the molecule is Cc1ccc(C(=O)NCCC(C)Cl)cn1. The monoisotopic (exact) mass is 226 g/mol. The van der Waals surface area contributed by atoms with Gasteiger partial charge in [-0.3, -0.25) is 9.78 Å². The molecule has 1 rings (SSSR count). The number of nitrogens with zero attached hydrogens (tertiary/aromatic N) is 1. The van der Waals surface area contributed by atoms with E-state index in [1.807, 2.05) is 19.9 Å². The molecule has 1 aromatic heterocycles. The Hall–Kier alpha value is -1.09. The molecule has 1 N–H and O–H groups in total. The number of hydrogen-bond acceptors (Lipinski definition) is 2. The van der Waals surface area contributed by atoms with Crippen molar-refractivity contribution >= 4 is 17.5 Å². The van der Waals surface area contributed by atoms with Gasteiger partial charge in [-0.1, -0.05) is 0 Å². The quantitative estimate of drug-likeness (QED) is 0.800. The van der Waals surface area contributed by atoms with Crippen molar-refractivity contribution in [3.8, 4) is 0 Å². The molecule has 0 radical (unpaired) electrons. The van der Waals surface area contributed by atoms with E-state index >= 15 is 0 Å². The fourth-order valence-electron chi connectivity index (χ4n) is 1.09. The van der Waals surface area contributed by atoms with Gasteiger partial charge in [0.1, 0.15) is 0 Å². The zero-order valence-corrected chi connectivity index (χ0v) is 9.71. The summed E-state index contributed by atoms with van der Waals surface area (Å²) in [7, 11) is 0. The van der Waals surface area contributed by atoms with Crippen LogP contribution in [0.1, 0.15) is 29.4 Å². The summed E-state index contributed by atoms with van der Waals surface area (Å²) in [6.45, 7) is 4.38. The summed E-state index contributed by atoms with van der Waals surface area (Å²) in [6, 6.07) is 3.58. The van der Waals surface area contributed by atoms with Gasteiger partial charge in [-0.2, -0.15) is 0 Å². The van der Waals surface area contributed by atoms with E-state index in [1.165, 1.54) is 0 Å². The summed E-state index contributed by atoms with van der Waals surface area (Å²) in [4.78, 5) is 15.6. The highest BCUT2D eigenvalue weighted by Crippen LogP contribution is 2.01. The number of pyridine rings is 1. The minimum Gasteiger partial charge on any atom is -0.352 e. The second kappa shape index (κ2) is 5.71. The third-order valence-corrected chi connectivity index (χ3v) is 2.22. The summed E-state index contributed by atoms with van der Waals surface area (Å²) >= 11 is 5.76. The van der Waals surface area contributed by atoms with E-state index in [1.54, 1.807) is 12.3 Å². The van der Waals surface area contributed by atoms with Crippen molar-refractivity contribution in [1.29, 1.82) is 0 Å². The van der Waals surface area contributed by atoms with Crippen molar-refractivity contribution < 1.29 is 4.79 Å². The van der Waals surface area contributed by atoms with Crippen LogP contribution in [0, 0.1) is 6.92 Å². The van der Waals surface area contributed by atoms with Crippen LogP contribution >= 0.6 is 11.6 Å². The normalized spacial score (nSPS) is 12.2. The number of hydrogen-bond donors (Lipinski definition) is 1. The zero-order chi connectivity index (χ0) is 11.3. The number of nitrogens with one attached hydrogen (secondary N) is 1. The minimum atomic E-state index is -0.0974. The summed E-state index contributed by atoms with van der Waals surface area (Å²) in [5.41, 5.74) is 1.49. The highest BCUT2D eigenvalue weighted by molar-refractivity contribution is 6.20. The van der Waals surface area contributed by atoms with Gasteiger partial charge in [-0.15, -0.1) is 11.6 Å². The van der Waals surface area contributed by atoms with Gasteiger partial charge in [0, 0.05) is 23.8 Å². The molecule has 0 aliphatic heterocycles. The van der Waals surface area contributed by atoms with Gasteiger partial charge in [-0.05, 0) is 32.4 Å². The molecular formula is C11H15ClN2O. The number of alkyl halides is 1. The molecule has 1 amide bonds. The number of rotatable bonds is 4. The van der Waals surface area contributed by atoms with Crippen molar-refractivity contribution in [3.63, 3.8) is 0 Å². The number of halogens is 1. The van der Waals surface area contributed by atoms with Crippen molar-refractivity contribution in [3.05, 3.63) is 29.6 Å². The van der Waals surface area contributed by atoms with Crippen LogP contribution in [0.15, 0.2) is 18.3 Å². The van der Waals surface area contributed by atoms with Gasteiger partial charge in [0.05, 0.1) is 5.56 Å². The Morgan fingerprint density at radius 3 is 2.87 bits per heavy atom. The van der Waals surface area contributed by atoms with Crippen LogP contribution in [-0.4, -0.2) is 22.8 Å². The average Bonchev–Trinajstić information content (AvgIpc) is 2.18. The molecule has 0 aromatic carbocycles. The number of amides is 1. The molecule has 0 saturated heterocycles. The summed E-state index contributed by atoms with van der Waals surface area (Å²) in [6.07, 6.45) is 2.35. The molecule has 0 aliphatic carbocycles. The number of carbonyl (C=O) groups is 1.